The van der Waals surface area contributed by atoms with Crippen LogP contribution in [0.4, 0.5) is 5.82 Å². The van der Waals surface area contributed by atoms with Gasteiger partial charge in [0.2, 0.25) is 5.82 Å². The molecule has 3 rings (SSSR count). The Balaban J connectivity index is 2.07. The minimum atomic E-state index is -1.14. The lowest BCUT2D eigenvalue weighted by Crippen LogP contribution is -2.35. The highest BCUT2D eigenvalue weighted by Crippen LogP contribution is 2.32. The first-order chi connectivity index (χ1) is 12.4. The van der Waals surface area contributed by atoms with Gasteiger partial charge in [-0.3, -0.25) is 9.36 Å². The van der Waals surface area contributed by atoms with Crippen LogP contribution in [0.15, 0.2) is 6.33 Å². The van der Waals surface area contributed by atoms with Gasteiger partial charge in [0.25, 0.3) is 5.91 Å². The second-order valence-corrected chi connectivity index (χ2v) is 6.20. The fourth-order valence-electron chi connectivity index (χ4n) is 2.91. The summed E-state index contributed by atoms with van der Waals surface area (Å²) in [4.78, 5) is 26.8. The average Bonchev–Trinajstić information content (AvgIpc) is 3.16. The van der Waals surface area contributed by atoms with E-state index in [9.17, 15) is 15.0 Å². The van der Waals surface area contributed by atoms with Crippen LogP contribution in [0.3, 0.4) is 0 Å². The number of anilines is 1. The van der Waals surface area contributed by atoms with Crippen molar-refractivity contribution >= 4 is 22.9 Å². The Morgan fingerprint density at radius 1 is 1.35 bits per heavy atom. The SMILES string of the molecule is CNCN(C)C(=O)c1nc(NC)c2ncn(C3OC(C)C(O)C3O)c2n1. The summed E-state index contributed by atoms with van der Waals surface area (Å²) >= 11 is 0. The van der Waals surface area contributed by atoms with E-state index >= 15 is 0 Å². The minimum Gasteiger partial charge on any atom is -0.388 e. The fraction of sp³-hybridized carbons (Fsp3) is 0.600. The number of hydrogen-bond acceptors (Lipinski definition) is 9. The lowest BCUT2D eigenvalue weighted by atomic mass is 10.1. The van der Waals surface area contributed by atoms with Gasteiger partial charge in [-0.25, -0.2) is 15.0 Å². The highest BCUT2D eigenvalue weighted by Gasteiger charge is 2.42. The number of aliphatic hydroxyl groups excluding tert-OH is 2. The summed E-state index contributed by atoms with van der Waals surface area (Å²) in [5.41, 5.74) is 0.765. The second kappa shape index (κ2) is 7.11. The first-order valence-electron chi connectivity index (χ1n) is 8.23. The maximum atomic E-state index is 12.6. The first kappa shape index (κ1) is 18.5. The number of amides is 1. The van der Waals surface area contributed by atoms with Crippen molar-refractivity contribution in [3.63, 3.8) is 0 Å². The number of nitrogens with zero attached hydrogens (tertiary/aromatic N) is 5. The molecule has 0 bridgehead atoms. The standard InChI is InChI=1S/C15H23N7O4/c1-7-9(23)10(24)15(26-7)22-6-18-8-11(17-3)19-12(20-13(8)22)14(25)21(4)5-16-2/h6-7,9-10,15-16,23-24H,5H2,1-4H3,(H,17,19,20). The van der Waals surface area contributed by atoms with Gasteiger partial charge >= 0.3 is 0 Å². The minimum absolute atomic E-state index is 0.0116. The molecule has 11 nitrogen and oxygen atoms in total. The van der Waals surface area contributed by atoms with Gasteiger partial charge in [-0.2, -0.15) is 0 Å². The molecule has 26 heavy (non-hydrogen) atoms. The van der Waals surface area contributed by atoms with Crippen molar-refractivity contribution in [3.05, 3.63) is 12.2 Å². The van der Waals surface area contributed by atoms with Crippen molar-refractivity contribution in [1.82, 2.24) is 29.7 Å². The lowest BCUT2D eigenvalue weighted by molar-refractivity contribution is -0.0299. The van der Waals surface area contributed by atoms with Gasteiger partial charge in [-0.15, -0.1) is 0 Å². The van der Waals surface area contributed by atoms with Crippen molar-refractivity contribution < 1.29 is 19.7 Å². The highest BCUT2D eigenvalue weighted by atomic mass is 16.6. The zero-order chi connectivity index (χ0) is 19.0. The third kappa shape index (κ3) is 2.98. The molecular formula is C15H23N7O4. The van der Waals surface area contributed by atoms with Gasteiger partial charge in [0.1, 0.15) is 12.2 Å². The van der Waals surface area contributed by atoms with Crippen LogP contribution >= 0.6 is 0 Å². The predicted molar refractivity (Wildman–Crippen MR) is 92.5 cm³/mol. The molecule has 3 heterocycles. The monoisotopic (exact) mass is 365 g/mol. The highest BCUT2D eigenvalue weighted by molar-refractivity contribution is 5.94. The molecule has 0 radical (unpaired) electrons. The molecule has 142 valence electrons. The maximum Gasteiger partial charge on any atom is 0.292 e. The van der Waals surface area contributed by atoms with E-state index in [4.69, 9.17) is 4.74 Å². The van der Waals surface area contributed by atoms with Crippen LogP contribution in [0.1, 0.15) is 23.8 Å². The van der Waals surface area contributed by atoms with Gasteiger partial charge in [0.05, 0.1) is 19.1 Å². The molecule has 4 N–H and O–H groups in total. The summed E-state index contributed by atoms with van der Waals surface area (Å²) in [5.74, 6) is 0.00488. The Morgan fingerprint density at radius 2 is 2.08 bits per heavy atom. The van der Waals surface area contributed by atoms with Crippen LogP contribution in [-0.4, -0.2) is 86.7 Å². The van der Waals surface area contributed by atoms with E-state index in [0.717, 1.165) is 0 Å². The molecule has 0 saturated carbocycles. The summed E-state index contributed by atoms with van der Waals surface area (Å²) in [5, 5.41) is 26.0. The van der Waals surface area contributed by atoms with Gasteiger partial charge < -0.3 is 30.5 Å². The van der Waals surface area contributed by atoms with E-state index < -0.39 is 24.5 Å². The van der Waals surface area contributed by atoms with E-state index in [1.807, 2.05) is 0 Å². The molecule has 2 aromatic rings. The Morgan fingerprint density at radius 3 is 2.65 bits per heavy atom. The van der Waals surface area contributed by atoms with Crippen molar-refractivity contribution in [2.75, 3.05) is 33.1 Å². The zero-order valence-corrected chi connectivity index (χ0v) is 15.0. The smallest absolute Gasteiger partial charge is 0.292 e. The van der Waals surface area contributed by atoms with Crippen LogP contribution in [0, 0.1) is 0 Å². The molecule has 0 aromatic carbocycles. The first-order valence-corrected chi connectivity index (χ1v) is 8.23. The molecule has 0 aliphatic carbocycles. The number of hydrogen-bond donors (Lipinski definition) is 4. The predicted octanol–water partition coefficient (Wildman–Crippen LogP) is -1.24. The molecule has 11 heteroatoms. The molecular weight excluding hydrogens is 342 g/mol. The fourth-order valence-corrected chi connectivity index (χ4v) is 2.91. The summed E-state index contributed by atoms with van der Waals surface area (Å²) in [6.45, 7) is 2.01. The normalized spacial score (nSPS) is 25.6. The largest absolute Gasteiger partial charge is 0.388 e. The molecule has 1 aliphatic rings. The number of aliphatic hydroxyl groups is 2. The average molecular weight is 365 g/mol. The van der Waals surface area contributed by atoms with Crippen LogP contribution in [0.25, 0.3) is 11.2 Å². The Labute approximate surface area is 150 Å². The summed E-state index contributed by atoms with van der Waals surface area (Å²) in [7, 11) is 5.02. The van der Waals surface area contributed by atoms with Gasteiger partial charge in [0.15, 0.2) is 23.2 Å². The van der Waals surface area contributed by atoms with Gasteiger partial charge in [-0.05, 0) is 14.0 Å². The molecule has 0 spiro atoms. The third-order valence-electron chi connectivity index (χ3n) is 4.34. The number of ether oxygens (including phenoxy) is 1. The summed E-state index contributed by atoms with van der Waals surface area (Å²) in [6.07, 6.45) is -2.11. The number of imidazole rings is 1. The Bertz CT molecular complexity index is 811. The Hall–Kier alpha value is -2.34. The van der Waals surface area contributed by atoms with Crippen LogP contribution in [0.2, 0.25) is 0 Å². The van der Waals surface area contributed by atoms with E-state index in [2.05, 4.69) is 25.6 Å². The summed E-state index contributed by atoms with van der Waals surface area (Å²) in [6, 6.07) is 0. The number of aromatic nitrogens is 4. The number of carbonyl (C=O) groups is 1. The number of carbonyl (C=O) groups excluding carboxylic acids is 1. The van der Waals surface area contributed by atoms with E-state index in [-0.39, 0.29) is 11.7 Å². The van der Waals surface area contributed by atoms with Crippen molar-refractivity contribution in [1.29, 1.82) is 0 Å². The molecule has 2 aromatic heterocycles. The molecule has 4 unspecified atom stereocenters. The van der Waals surface area contributed by atoms with Gasteiger partial charge in [0, 0.05) is 14.1 Å². The van der Waals surface area contributed by atoms with E-state index in [1.54, 1.807) is 28.1 Å². The quantitative estimate of drug-likeness (QED) is 0.479. The van der Waals surface area contributed by atoms with Gasteiger partial charge in [-0.1, -0.05) is 0 Å². The molecule has 1 fully saturated rings. The van der Waals surface area contributed by atoms with E-state index in [1.165, 1.54) is 15.8 Å². The number of fused-ring (bicyclic) bond motifs is 1. The summed E-state index contributed by atoms with van der Waals surface area (Å²) < 4.78 is 7.14. The third-order valence-corrected chi connectivity index (χ3v) is 4.34. The van der Waals surface area contributed by atoms with Crippen molar-refractivity contribution in [2.24, 2.45) is 0 Å². The zero-order valence-electron chi connectivity index (χ0n) is 15.0. The second-order valence-electron chi connectivity index (χ2n) is 6.20. The van der Waals surface area contributed by atoms with E-state index in [0.29, 0.717) is 23.7 Å². The molecule has 1 saturated heterocycles. The lowest BCUT2D eigenvalue weighted by Gasteiger charge is -2.18. The topological polar surface area (TPSA) is 138 Å². The van der Waals surface area contributed by atoms with Crippen LogP contribution in [0.5, 0.6) is 0 Å². The van der Waals surface area contributed by atoms with Crippen LogP contribution in [-0.2, 0) is 4.74 Å². The van der Waals surface area contributed by atoms with Crippen molar-refractivity contribution in [3.8, 4) is 0 Å². The van der Waals surface area contributed by atoms with Crippen LogP contribution < -0.4 is 10.6 Å². The maximum absolute atomic E-state index is 12.6. The van der Waals surface area contributed by atoms with Crippen molar-refractivity contribution in [2.45, 2.75) is 31.5 Å². The Kier molecular flexibility index (Phi) is 5.05. The molecule has 1 amide bonds. The number of rotatable bonds is 5. The molecule has 1 aliphatic heterocycles. The number of nitrogens with one attached hydrogen (secondary N) is 2. The molecule has 4 atom stereocenters.